The number of likely N-dealkylation sites (N-methyl/N-ethyl adjacent to an activating group) is 1. The molecule has 1 N–H and O–H groups in total. The van der Waals surface area contributed by atoms with Crippen LogP contribution in [0.1, 0.15) is 11.1 Å². The minimum Gasteiger partial charge on any atom is -0.491 e. The number of ether oxygens (including phenoxy) is 3. The van der Waals surface area contributed by atoms with Crippen molar-refractivity contribution < 1.29 is 19.0 Å². The molecule has 2 aliphatic rings. The Balaban J connectivity index is 1.22. The van der Waals surface area contributed by atoms with E-state index in [1.54, 1.807) is 25.6 Å². The lowest BCUT2D eigenvalue weighted by Crippen LogP contribution is -2.47. The van der Waals surface area contributed by atoms with E-state index in [-0.39, 0.29) is 5.91 Å². The molecule has 1 aliphatic heterocycles. The number of amides is 1. The van der Waals surface area contributed by atoms with Gasteiger partial charge in [-0.05, 0) is 48.5 Å². The van der Waals surface area contributed by atoms with Crippen molar-refractivity contribution in [1.82, 2.24) is 24.8 Å². The molecule has 0 bridgehead atoms. The van der Waals surface area contributed by atoms with E-state index in [9.17, 15) is 4.79 Å². The molecule has 0 unspecified atom stereocenters. The van der Waals surface area contributed by atoms with Gasteiger partial charge in [0.2, 0.25) is 11.9 Å². The summed E-state index contributed by atoms with van der Waals surface area (Å²) in [5.74, 6) is 1.29. The van der Waals surface area contributed by atoms with Crippen LogP contribution >= 0.6 is 0 Å². The quantitative estimate of drug-likeness (QED) is 0.375. The van der Waals surface area contributed by atoms with E-state index < -0.39 is 0 Å². The van der Waals surface area contributed by atoms with Crippen LogP contribution in [-0.4, -0.2) is 97.4 Å². The molecule has 1 saturated heterocycles. The molecule has 39 heavy (non-hydrogen) atoms. The van der Waals surface area contributed by atoms with E-state index in [2.05, 4.69) is 38.3 Å². The van der Waals surface area contributed by atoms with Crippen LogP contribution in [0.2, 0.25) is 0 Å². The maximum absolute atomic E-state index is 13.0. The predicted octanol–water partition coefficient (Wildman–Crippen LogP) is 3.04. The van der Waals surface area contributed by atoms with Crippen molar-refractivity contribution >= 4 is 23.6 Å². The Bertz CT molecular complexity index is 1320. The number of hydrogen-bond donors (Lipinski definition) is 1. The molecular weight excluding hydrogens is 496 g/mol. The first-order valence-corrected chi connectivity index (χ1v) is 13.2. The summed E-state index contributed by atoms with van der Waals surface area (Å²) in [6.45, 7) is 5.38. The predicted molar refractivity (Wildman–Crippen MR) is 149 cm³/mol. The van der Waals surface area contributed by atoms with Gasteiger partial charge in [-0.2, -0.15) is 0 Å². The van der Waals surface area contributed by atoms with Gasteiger partial charge in [-0.3, -0.25) is 9.78 Å². The van der Waals surface area contributed by atoms with Crippen molar-refractivity contribution in [1.29, 1.82) is 0 Å². The smallest absolute Gasteiger partial charge is 0.250 e. The number of aromatic nitrogens is 3. The van der Waals surface area contributed by atoms with Crippen molar-refractivity contribution in [2.24, 2.45) is 0 Å². The van der Waals surface area contributed by atoms with Crippen LogP contribution < -0.4 is 10.1 Å². The van der Waals surface area contributed by atoms with Gasteiger partial charge >= 0.3 is 0 Å². The zero-order chi connectivity index (χ0) is 27.0. The molecule has 0 spiro atoms. The lowest BCUT2D eigenvalue weighted by Gasteiger charge is -2.32. The number of carbonyl (C=O) groups excluding carboxylic acids is 1. The standard InChI is InChI=1S/C29H34N6O4/c1-34-9-11-35(12-10-34)28(36)23-17-21-3-4-24(19-22(21)18-23)32-29-31-8-6-26(33-29)27-20-25(5-7-30-27)39-16-15-38-14-13-37-2/h3-8,18-20H,9-17H2,1-2H3,(H,31,32,33). The van der Waals surface area contributed by atoms with Crippen molar-refractivity contribution in [3.8, 4) is 17.1 Å². The van der Waals surface area contributed by atoms with Gasteiger partial charge in [-0.15, -0.1) is 0 Å². The number of methoxy groups -OCH3 is 1. The Morgan fingerprint density at radius 1 is 0.949 bits per heavy atom. The molecule has 5 rings (SSSR count). The van der Waals surface area contributed by atoms with Gasteiger partial charge in [0.05, 0.1) is 31.2 Å². The maximum atomic E-state index is 13.0. The number of anilines is 2. The van der Waals surface area contributed by atoms with Gasteiger partial charge in [-0.25, -0.2) is 9.97 Å². The third-order valence-corrected chi connectivity index (χ3v) is 6.76. The minimum absolute atomic E-state index is 0.141. The third-order valence-electron chi connectivity index (χ3n) is 6.76. The van der Waals surface area contributed by atoms with E-state index in [1.807, 2.05) is 35.2 Å². The van der Waals surface area contributed by atoms with Crippen LogP contribution in [0.5, 0.6) is 5.75 Å². The van der Waals surface area contributed by atoms with Crippen LogP contribution in [0.3, 0.4) is 0 Å². The summed E-state index contributed by atoms with van der Waals surface area (Å²) >= 11 is 0. The SMILES string of the molecule is COCCOCCOc1ccnc(-c2ccnc(Nc3ccc4c(c3)C=C(C(=O)N3CCN(C)CC3)C4)n2)c1. The number of nitrogens with one attached hydrogen (secondary N) is 1. The Morgan fingerprint density at radius 2 is 1.77 bits per heavy atom. The summed E-state index contributed by atoms with van der Waals surface area (Å²) in [4.78, 5) is 30.7. The van der Waals surface area contributed by atoms with E-state index in [4.69, 9.17) is 14.2 Å². The molecule has 0 saturated carbocycles. The lowest BCUT2D eigenvalue weighted by atomic mass is 10.1. The number of piperazine rings is 1. The average Bonchev–Trinajstić information content (AvgIpc) is 3.39. The molecule has 10 heteroatoms. The molecule has 0 radical (unpaired) electrons. The first kappa shape index (κ1) is 26.7. The van der Waals surface area contributed by atoms with Crippen LogP contribution in [0.25, 0.3) is 17.5 Å². The highest BCUT2D eigenvalue weighted by Gasteiger charge is 2.25. The first-order chi connectivity index (χ1) is 19.1. The van der Waals surface area contributed by atoms with Crippen LogP contribution in [-0.2, 0) is 20.7 Å². The monoisotopic (exact) mass is 530 g/mol. The fourth-order valence-corrected chi connectivity index (χ4v) is 4.56. The van der Waals surface area contributed by atoms with Gasteiger partial charge < -0.3 is 29.3 Å². The minimum atomic E-state index is 0.141. The van der Waals surface area contributed by atoms with Crippen LogP contribution in [0.4, 0.5) is 11.6 Å². The van der Waals surface area contributed by atoms with Crippen LogP contribution in [0, 0.1) is 0 Å². The van der Waals surface area contributed by atoms with Gasteiger partial charge in [0.1, 0.15) is 12.4 Å². The number of carbonyl (C=O) groups is 1. The number of nitrogens with zero attached hydrogens (tertiary/aromatic N) is 5. The van der Waals surface area contributed by atoms with Crippen LogP contribution in [0.15, 0.2) is 54.4 Å². The van der Waals surface area contributed by atoms with Gasteiger partial charge in [-0.1, -0.05) is 6.07 Å². The highest BCUT2D eigenvalue weighted by Crippen LogP contribution is 2.30. The summed E-state index contributed by atoms with van der Waals surface area (Å²) < 4.78 is 16.2. The number of benzene rings is 1. The average molecular weight is 531 g/mol. The van der Waals surface area contributed by atoms with E-state index in [0.29, 0.717) is 55.9 Å². The molecule has 1 aromatic carbocycles. The maximum Gasteiger partial charge on any atom is 0.250 e. The summed E-state index contributed by atoms with van der Waals surface area (Å²) in [7, 11) is 3.73. The van der Waals surface area contributed by atoms with Crippen molar-refractivity contribution in [3.05, 3.63) is 65.5 Å². The van der Waals surface area contributed by atoms with Gasteiger partial charge in [0, 0.05) is 69.4 Å². The Kier molecular flexibility index (Phi) is 8.77. The number of fused-ring (bicyclic) bond motifs is 1. The highest BCUT2D eigenvalue weighted by molar-refractivity contribution is 6.00. The fourth-order valence-electron chi connectivity index (χ4n) is 4.56. The van der Waals surface area contributed by atoms with Crippen molar-refractivity contribution in [2.45, 2.75) is 6.42 Å². The third kappa shape index (κ3) is 6.97. The molecule has 1 aliphatic carbocycles. The van der Waals surface area contributed by atoms with Crippen molar-refractivity contribution in [2.75, 3.05) is 72.1 Å². The second-order valence-corrected chi connectivity index (χ2v) is 9.58. The van der Waals surface area contributed by atoms with Gasteiger partial charge in [0.25, 0.3) is 0 Å². The van der Waals surface area contributed by atoms with E-state index in [0.717, 1.165) is 48.6 Å². The topological polar surface area (TPSA) is 102 Å². The fraction of sp³-hybridized carbons (Fsp3) is 0.379. The highest BCUT2D eigenvalue weighted by atomic mass is 16.5. The molecule has 10 nitrogen and oxygen atoms in total. The normalized spacial score (nSPS) is 15.1. The largest absolute Gasteiger partial charge is 0.491 e. The molecule has 2 aromatic heterocycles. The van der Waals surface area contributed by atoms with Gasteiger partial charge in [0.15, 0.2) is 0 Å². The number of rotatable bonds is 11. The molecule has 1 amide bonds. The van der Waals surface area contributed by atoms with E-state index >= 15 is 0 Å². The number of pyridine rings is 1. The summed E-state index contributed by atoms with van der Waals surface area (Å²) in [5.41, 5.74) is 5.26. The Morgan fingerprint density at radius 3 is 2.62 bits per heavy atom. The molecule has 0 atom stereocenters. The molecule has 3 heterocycles. The molecule has 1 fully saturated rings. The lowest BCUT2D eigenvalue weighted by molar-refractivity contribution is -0.128. The zero-order valence-electron chi connectivity index (χ0n) is 22.4. The second kappa shape index (κ2) is 12.8. The summed E-state index contributed by atoms with van der Waals surface area (Å²) in [6.07, 6.45) is 6.07. The Hall–Kier alpha value is -3.86. The summed E-state index contributed by atoms with van der Waals surface area (Å²) in [5, 5.41) is 3.29. The molecule has 3 aromatic rings. The molecular formula is C29H34N6O4. The van der Waals surface area contributed by atoms with Crippen molar-refractivity contribution in [3.63, 3.8) is 0 Å². The molecule has 204 valence electrons. The summed E-state index contributed by atoms with van der Waals surface area (Å²) in [6, 6.07) is 11.6. The number of hydrogen-bond acceptors (Lipinski definition) is 9. The zero-order valence-corrected chi connectivity index (χ0v) is 22.4. The van der Waals surface area contributed by atoms with E-state index in [1.165, 1.54) is 0 Å². The second-order valence-electron chi connectivity index (χ2n) is 9.58. The first-order valence-electron chi connectivity index (χ1n) is 13.2. The Labute approximate surface area is 228 Å².